The fraction of sp³-hybridized carbons (Fsp3) is 0.600. The molecule has 0 aromatic carbocycles. The molecule has 0 aliphatic heterocycles. The van der Waals surface area contributed by atoms with Gasteiger partial charge in [0.2, 0.25) is 0 Å². The molecule has 5 heteroatoms. The highest BCUT2D eigenvalue weighted by molar-refractivity contribution is 5.81. The van der Waals surface area contributed by atoms with Crippen molar-refractivity contribution in [2.75, 3.05) is 26.6 Å². The number of hydrogen-bond donors (Lipinski definition) is 0. The van der Waals surface area contributed by atoms with Crippen molar-refractivity contribution in [1.29, 1.82) is 0 Å². The van der Waals surface area contributed by atoms with E-state index in [2.05, 4.69) is 11.3 Å². The van der Waals surface area contributed by atoms with Crippen LogP contribution < -0.4 is 0 Å². The lowest BCUT2D eigenvalue weighted by Gasteiger charge is -2.04. The van der Waals surface area contributed by atoms with Crippen LogP contribution in [0.5, 0.6) is 0 Å². The zero-order chi connectivity index (χ0) is 11.5. The van der Waals surface area contributed by atoms with E-state index in [1.54, 1.807) is 0 Å². The Morgan fingerprint density at radius 1 is 1.20 bits per heavy atom. The van der Waals surface area contributed by atoms with Gasteiger partial charge in [0.25, 0.3) is 0 Å². The molecule has 0 radical (unpaired) electrons. The van der Waals surface area contributed by atoms with Crippen molar-refractivity contribution in [2.45, 2.75) is 13.3 Å². The average Bonchev–Trinajstić information content (AvgIpc) is 2.21. The highest BCUT2D eigenvalue weighted by atomic mass is 16.7. The van der Waals surface area contributed by atoms with Gasteiger partial charge in [0.05, 0.1) is 13.2 Å². The quantitative estimate of drug-likeness (QED) is 0.245. The van der Waals surface area contributed by atoms with Crippen molar-refractivity contribution < 1.29 is 23.8 Å². The van der Waals surface area contributed by atoms with Crippen molar-refractivity contribution >= 4 is 11.8 Å². The van der Waals surface area contributed by atoms with Gasteiger partial charge in [-0.3, -0.25) is 4.79 Å². The summed E-state index contributed by atoms with van der Waals surface area (Å²) in [5.74, 6) is -0.397. The van der Waals surface area contributed by atoms with E-state index in [9.17, 15) is 9.59 Å². The van der Waals surface area contributed by atoms with E-state index in [1.165, 1.54) is 6.92 Å². The van der Waals surface area contributed by atoms with Gasteiger partial charge in [-0.15, -0.1) is 0 Å². The smallest absolute Gasteiger partial charge is 0.330 e. The number of carbonyl (C=O) groups excluding carboxylic acids is 2. The molecule has 15 heavy (non-hydrogen) atoms. The molecular weight excluding hydrogens is 200 g/mol. The van der Waals surface area contributed by atoms with Crippen molar-refractivity contribution in [3.8, 4) is 0 Å². The lowest BCUT2D eigenvalue weighted by molar-refractivity contribution is -0.141. The van der Waals surface area contributed by atoms with Crippen LogP contribution in [-0.2, 0) is 23.8 Å². The Hall–Kier alpha value is -1.20. The molecule has 0 atom stereocenters. The highest BCUT2D eigenvalue weighted by Gasteiger charge is 1.96. The van der Waals surface area contributed by atoms with E-state index in [1.807, 2.05) is 0 Å². The Morgan fingerprint density at radius 3 is 2.47 bits per heavy atom. The van der Waals surface area contributed by atoms with Gasteiger partial charge in [-0.2, -0.15) is 0 Å². The fourth-order valence-corrected chi connectivity index (χ4v) is 0.653. The Kier molecular flexibility index (Phi) is 8.61. The normalized spacial score (nSPS) is 9.67. The summed E-state index contributed by atoms with van der Waals surface area (Å²) in [7, 11) is 0. The first-order valence-corrected chi connectivity index (χ1v) is 4.61. The maximum absolute atomic E-state index is 10.6. The standard InChI is InChI=1S/C10H16O5/c1-3-10(12)15-7-6-14-8-13-5-4-9(2)11/h3H,1,4-8H2,2H3. The lowest BCUT2D eigenvalue weighted by Crippen LogP contribution is -2.11. The first kappa shape index (κ1) is 13.8. The number of carbonyl (C=O) groups is 2. The van der Waals surface area contributed by atoms with Gasteiger partial charge in [-0.1, -0.05) is 6.58 Å². The molecule has 0 unspecified atom stereocenters. The highest BCUT2D eigenvalue weighted by Crippen LogP contribution is 1.86. The van der Waals surface area contributed by atoms with Crippen LogP contribution in [0.4, 0.5) is 0 Å². The van der Waals surface area contributed by atoms with E-state index in [0.29, 0.717) is 13.0 Å². The molecule has 0 amide bonds. The van der Waals surface area contributed by atoms with E-state index in [4.69, 9.17) is 9.47 Å². The third-order valence-electron chi connectivity index (χ3n) is 1.40. The summed E-state index contributed by atoms with van der Waals surface area (Å²) in [6, 6.07) is 0. The maximum atomic E-state index is 10.6. The van der Waals surface area contributed by atoms with Crippen LogP contribution in [0.2, 0.25) is 0 Å². The summed E-state index contributed by atoms with van der Waals surface area (Å²) in [4.78, 5) is 21.1. The first-order chi connectivity index (χ1) is 7.16. The predicted octanol–water partition coefficient (Wildman–Crippen LogP) is 0.685. The van der Waals surface area contributed by atoms with Crippen LogP contribution in [0.3, 0.4) is 0 Å². The summed E-state index contributed by atoms with van der Waals surface area (Å²) in [5, 5.41) is 0. The monoisotopic (exact) mass is 216 g/mol. The molecule has 0 aliphatic carbocycles. The SMILES string of the molecule is C=CC(=O)OCCOCOCCC(C)=O. The van der Waals surface area contributed by atoms with Gasteiger partial charge in [-0.05, 0) is 6.92 Å². The number of rotatable bonds is 9. The van der Waals surface area contributed by atoms with Crippen LogP contribution in [-0.4, -0.2) is 38.4 Å². The molecule has 5 nitrogen and oxygen atoms in total. The number of Topliss-reactive ketones (excluding diaryl/α,β-unsaturated/α-hetero) is 1. The molecular formula is C10H16O5. The van der Waals surface area contributed by atoms with Gasteiger partial charge in [0.15, 0.2) is 0 Å². The molecule has 0 aliphatic rings. The first-order valence-electron chi connectivity index (χ1n) is 4.61. The zero-order valence-corrected chi connectivity index (χ0v) is 8.86. The van der Waals surface area contributed by atoms with Crippen molar-refractivity contribution in [2.24, 2.45) is 0 Å². The van der Waals surface area contributed by atoms with Crippen molar-refractivity contribution in [1.82, 2.24) is 0 Å². The van der Waals surface area contributed by atoms with Crippen LogP contribution in [0.25, 0.3) is 0 Å². The van der Waals surface area contributed by atoms with Crippen molar-refractivity contribution in [3.05, 3.63) is 12.7 Å². The minimum Gasteiger partial charge on any atom is -0.460 e. The number of ether oxygens (including phenoxy) is 3. The van der Waals surface area contributed by atoms with Gasteiger partial charge in [0, 0.05) is 12.5 Å². The molecule has 0 saturated heterocycles. The van der Waals surface area contributed by atoms with E-state index >= 15 is 0 Å². The van der Waals surface area contributed by atoms with Gasteiger partial charge in [0.1, 0.15) is 19.2 Å². The molecule has 0 fully saturated rings. The molecule has 86 valence electrons. The topological polar surface area (TPSA) is 61.8 Å². The second-order valence-corrected chi connectivity index (χ2v) is 2.76. The molecule has 0 aromatic rings. The molecule has 0 N–H and O–H groups in total. The fourth-order valence-electron chi connectivity index (χ4n) is 0.653. The molecule has 0 bridgehead atoms. The van der Waals surface area contributed by atoms with Gasteiger partial charge < -0.3 is 14.2 Å². The molecule has 0 saturated carbocycles. The second-order valence-electron chi connectivity index (χ2n) is 2.76. The number of ketones is 1. The minimum absolute atomic E-state index is 0.0786. The van der Waals surface area contributed by atoms with Crippen LogP contribution in [0.1, 0.15) is 13.3 Å². The van der Waals surface area contributed by atoms with Crippen LogP contribution >= 0.6 is 0 Å². The van der Waals surface area contributed by atoms with Gasteiger partial charge in [-0.25, -0.2) is 4.79 Å². The summed E-state index contributed by atoms with van der Waals surface area (Å²) in [6.45, 7) is 5.62. The Bertz CT molecular complexity index is 212. The van der Waals surface area contributed by atoms with Crippen LogP contribution in [0.15, 0.2) is 12.7 Å². The van der Waals surface area contributed by atoms with Crippen LogP contribution in [0, 0.1) is 0 Å². The number of hydrogen-bond acceptors (Lipinski definition) is 5. The minimum atomic E-state index is -0.476. The van der Waals surface area contributed by atoms with E-state index in [0.717, 1.165) is 6.08 Å². The number of esters is 1. The molecule has 0 heterocycles. The predicted molar refractivity (Wildman–Crippen MR) is 53.2 cm³/mol. The maximum Gasteiger partial charge on any atom is 0.330 e. The molecule has 0 rings (SSSR count). The largest absolute Gasteiger partial charge is 0.460 e. The lowest BCUT2D eigenvalue weighted by atomic mass is 10.3. The molecule has 0 spiro atoms. The summed E-state index contributed by atoms with van der Waals surface area (Å²) >= 11 is 0. The average molecular weight is 216 g/mol. The third-order valence-corrected chi connectivity index (χ3v) is 1.40. The van der Waals surface area contributed by atoms with Gasteiger partial charge >= 0.3 is 5.97 Å². The second kappa shape index (κ2) is 9.36. The Labute approximate surface area is 89.0 Å². The van der Waals surface area contributed by atoms with E-state index in [-0.39, 0.29) is 25.8 Å². The zero-order valence-electron chi connectivity index (χ0n) is 8.86. The third kappa shape index (κ3) is 10.7. The van der Waals surface area contributed by atoms with E-state index < -0.39 is 5.97 Å². The Balaban J connectivity index is 3.08. The molecule has 0 aromatic heterocycles. The summed E-state index contributed by atoms with van der Waals surface area (Å²) < 4.78 is 14.6. The summed E-state index contributed by atoms with van der Waals surface area (Å²) in [6.07, 6.45) is 1.47. The van der Waals surface area contributed by atoms with Crippen molar-refractivity contribution in [3.63, 3.8) is 0 Å². The summed E-state index contributed by atoms with van der Waals surface area (Å²) in [5.41, 5.74) is 0. The Morgan fingerprint density at radius 2 is 1.87 bits per heavy atom.